The number of carbonyl (C=O) groups excluding carboxylic acids is 1. The molecule has 0 unspecified atom stereocenters. The van der Waals surface area contributed by atoms with E-state index in [0.29, 0.717) is 18.8 Å². The Morgan fingerprint density at radius 3 is 2.46 bits per heavy atom. The van der Waals surface area contributed by atoms with Crippen LogP contribution in [0.15, 0.2) is 60.8 Å². The van der Waals surface area contributed by atoms with E-state index in [9.17, 15) is 18.0 Å². The zero-order valence-corrected chi connectivity index (χ0v) is 14.8. The third kappa shape index (κ3) is 3.47. The Morgan fingerprint density at radius 2 is 1.71 bits per heavy atom. The van der Waals surface area contributed by atoms with Gasteiger partial charge in [-0.2, -0.15) is 13.2 Å². The van der Waals surface area contributed by atoms with Crippen LogP contribution in [-0.2, 0) is 19.1 Å². The molecule has 2 aromatic carbocycles. The Balaban J connectivity index is 1.59. The van der Waals surface area contributed by atoms with Crippen LogP contribution in [-0.4, -0.2) is 27.3 Å². The largest absolute Gasteiger partial charge is 0.417 e. The zero-order chi connectivity index (χ0) is 19.7. The average molecular weight is 383 g/mol. The summed E-state index contributed by atoms with van der Waals surface area (Å²) in [5, 5.41) is 0. The number of rotatable bonds is 2. The predicted octanol–water partition coefficient (Wildman–Crippen LogP) is 4.36. The van der Waals surface area contributed by atoms with Gasteiger partial charge in [-0.1, -0.05) is 42.5 Å². The lowest BCUT2D eigenvalue weighted by Crippen LogP contribution is -2.37. The number of fused-ring (bicyclic) bond motifs is 1. The molecule has 4 nitrogen and oxygen atoms in total. The molecule has 28 heavy (non-hydrogen) atoms. The fourth-order valence-electron chi connectivity index (χ4n) is 3.30. The van der Waals surface area contributed by atoms with Crippen molar-refractivity contribution in [1.82, 2.24) is 14.9 Å². The van der Waals surface area contributed by atoms with Crippen LogP contribution < -0.4 is 0 Å². The van der Waals surface area contributed by atoms with Gasteiger partial charge in [0, 0.05) is 36.8 Å². The topological polar surface area (TPSA) is 46.1 Å². The Morgan fingerprint density at radius 1 is 1.00 bits per heavy atom. The predicted molar refractivity (Wildman–Crippen MR) is 97.4 cm³/mol. The number of carbonyl (C=O) groups is 1. The molecule has 2 heterocycles. The molecular weight excluding hydrogens is 367 g/mol. The summed E-state index contributed by atoms with van der Waals surface area (Å²) >= 11 is 0. The minimum absolute atomic E-state index is 0.190. The molecule has 0 atom stereocenters. The van der Waals surface area contributed by atoms with E-state index < -0.39 is 17.6 Å². The third-order valence-electron chi connectivity index (χ3n) is 4.72. The SMILES string of the molecule is O=C(c1ccccc1C(F)(F)F)N1CCc2nc(-c3ccccc3)ncc2C1. The number of aromatic nitrogens is 2. The van der Waals surface area contributed by atoms with Gasteiger partial charge in [0.05, 0.1) is 16.8 Å². The van der Waals surface area contributed by atoms with E-state index >= 15 is 0 Å². The molecule has 4 rings (SSSR count). The zero-order valence-electron chi connectivity index (χ0n) is 14.8. The molecule has 0 N–H and O–H groups in total. The molecule has 1 aliphatic heterocycles. The molecule has 0 spiro atoms. The summed E-state index contributed by atoms with van der Waals surface area (Å²) in [5.74, 6) is -0.0349. The number of hydrogen-bond donors (Lipinski definition) is 0. The van der Waals surface area contributed by atoms with Crippen LogP contribution in [0.25, 0.3) is 11.4 Å². The first-order valence-corrected chi connectivity index (χ1v) is 8.79. The number of amides is 1. The summed E-state index contributed by atoms with van der Waals surface area (Å²) in [6.07, 6.45) is -2.45. The first-order chi connectivity index (χ1) is 13.4. The number of nitrogens with zero attached hydrogens (tertiary/aromatic N) is 3. The Kier molecular flexibility index (Phi) is 4.58. The van der Waals surface area contributed by atoms with Crippen LogP contribution in [0.5, 0.6) is 0 Å². The lowest BCUT2D eigenvalue weighted by molar-refractivity contribution is -0.138. The monoisotopic (exact) mass is 383 g/mol. The molecule has 1 aliphatic rings. The van der Waals surface area contributed by atoms with Crippen LogP contribution in [0.3, 0.4) is 0 Å². The van der Waals surface area contributed by atoms with E-state index in [0.717, 1.165) is 22.9 Å². The van der Waals surface area contributed by atoms with Crippen LogP contribution in [0.1, 0.15) is 27.2 Å². The average Bonchev–Trinajstić information content (AvgIpc) is 2.72. The Bertz CT molecular complexity index is 1020. The van der Waals surface area contributed by atoms with Gasteiger partial charge in [-0.25, -0.2) is 9.97 Å². The molecule has 142 valence electrons. The van der Waals surface area contributed by atoms with E-state index in [2.05, 4.69) is 9.97 Å². The summed E-state index contributed by atoms with van der Waals surface area (Å²) < 4.78 is 39.7. The first-order valence-electron chi connectivity index (χ1n) is 8.79. The maximum Gasteiger partial charge on any atom is 0.417 e. The molecule has 0 fully saturated rings. The molecule has 0 radical (unpaired) electrons. The lowest BCUT2D eigenvalue weighted by atomic mass is 10.0. The van der Waals surface area contributed by atoms with E-state index in [1.54, 1.807) is 6.20 Å². The molecule has 0 bridgehead atoms. The quantitative estimate of drug-likeness (QED) is 0.661. The van der Waals surface area contributed by atoms with Gasteiger partial charge in [-0.15, -0.1) is 0 Å². The summed E-state index contributed by atoms with van der Waals surface area (Å²) in [4.78, 5) is 23.1. The van der Waals surface area contributed by atoms with Crippen LogP contribution in [0.4, 0.5) is 13.2 Å². The second-order valence-corrected chi connectivity index (χ2v) is 6.55. The van der Waals surface area contributed by atoms with Gasteiger partial charge < -0.3 is 4.90 Å². The highest BCUT2D eigenvalue weighted by molar-refractivity contribution is 5.96. The Labute approximate surface area is 159 Å². The van der Waals surface area contributed by atoms with Crippen molar-refractivity contribution in [3.05, 3.63) is 83.2 Å². The van der Waals surface area contributed by atoms with E-state index in [-0.39, 0.29) is 12.1 Å². The fourth-order valence-corrected chi connectivity index (χ4v) is 3.30. The fraction of sp³-hybridized carbons (Fsp3) is 0.190. The van der Waals surface area contributed by atoms with Crippen molar-refractivity contribution >= 4 is 5.91 Å². The molecule has 0 saturated heterocycles. The van der Waals surface area contributed by atoms with E-state index in [4.69, 9.17) is 0 Å². The standard InChI is InChI=1S/C21H16F3N3O/c22-21(23,24)17-9-5-4-8-16(17)20(28)27-11-10-18-15(13-27)12-25-19(26-18)14-6-2-1-3-7-14/h1-9,12H,10-11,13H2. The maximum absolute atomic E-state index is 13.2. The smallest absolute Gasteiger partial charge is 0.334 e. The third-order valence-corrected chi connectivity index (χ3v) is 4.72. The highest BCUT2D eigenvalue weighted by Crippen LogP contribution is 2.33. The number of halogens is 3. The second-order valence-electron chi connectivity index (χ2n) is 6.55. The first kappa shape index (κ1) is 18.2. The van der Waals surface area contributed by atoms with Crippen molar-refractivity contribution < 1.29 is 18.0 Å². The van der Waals surface area contributed by atoms with Crippen molar-refractivity contribution in [2.45, 2.75) is 19.1 Å². The Hall–Kier alpha value is -3.22. The van der Waals surface area contributed by atoms with Crippen molar-refractivity contribution in [2.75, 3.05) is 6.54 Å². The van der Waals surface area contributed by atoms with E-state index in [1.165, 1.54) is 23.1 Å². The van der Waals surface area contributed by atoms with Crippen molar-refractivity contribution in [3.8, 4) is 11.4 Å². The summed E-state index contributed by atoms with van der Waals surface area (Å²) in [7, 11) is 0. The molecule has 1 amide bonds. The van der Waals surface area contributed by atoms with Gasteiger partial charge >= 0.3 is 6.18 Å². The van der Waals surface area contributed by atoms with Gasteiger partial charge in [0.15, 0.2) is 5.82 Å². The van der Waals surface area contributed by atoms with Crippen molar-refractivity contribution in [2.24, 2.45) is 0 Å². The lowest BCUT2D eigenvalue weighted by Gasteiger charge is -2.29. The number of benzene rings is 2. The minimum Gasteiger partial charge on any atom is -0.334 e. The molecular formula is C21H16F3N3O. The highest BCUT2D eigenvalue weighted by atomic mass is 19.4. The second kappa shape index (κ2) is 7.07. The molecule has 0 saturated carbocycles. The van der Waals surface area contributed by atoms with Crippen molar-refractivity contribution in [1.29, 1.82) is 0 Å². The van der Waals surface area contributed by atoms with E-state index in [1.807, 2.05) is 30.3 Å². The summed E-state index contributed by atoms with van der Waals surface area (Å²) in [6, 6.07) is 14.4. The van der Waals surface area contributed by atoms with Crippen LogP contribution >= 0.6 is 0 Å². The summed E-state index contributed by atoms with van der Waals surface area (Å²) in [5.41, 5.74) is 1.22. The molecule has 3 aromatic rings. The minimum atomic E-state index is -4.58. The van der Waals surface area contributed by atoms with Gasteiger partial charge in [-0.05, 0) is 12.1 Å². The van der Waals surface area contributed by atoms with Crippen LogP contribution in [0.2, 0.25) is 0 Å². The van der Waals surface area contributed by atoms with Gasteiger partial charge in [0.1, 0.15) is 0 Å². The van der Waals surface area contributed by atoms with Gasteiger partial charge in [-0.3, -0.25) is 4.79 Å². The normalized spacial score (nSPS) is 13.9. The van der Waals surface area contributed by atoms with Crippen LogP contribution in [0, 0.1) is 0 Å². The highest BCUT2D eigenvalue weighted by Gasteiger charge is 2.36. The van der Waals surface area contributed by atoms with Gasteiger partial charge in [0.25, 0.3) is 5.91 Å². The molecule has 7 heteroatoms. The number of hydrogen-bond acceptors (Lipinski definition) is 3. The summed E-state index contributed by atoms with van der Waals surface area (Å²) in [6.45, 7) is 0.499. The van der Waals surface area contributed by atoms with Crippen molar-refractivity contribution in [3.63, 3.8) is 0 Å². The van der Waals surface area contributed by atoms with Gasteiger partial charge in [0.2, 0.25) is 0 Å². The molecule has 1 aromatic heterocycles. The maximum atomic E-state index is 13.2. The molecule has 0 aliphatic carbocycles. The number of alkyl halides is 3.